The molecule has 0 aromatic heterocycles. The third-order valence-corrected chi connectivity index (χ3v) is 1.48. The highest BCUT2D eigenvalue weighted by Gasteiger charge is 1.99. The predicted octanol–water partition coefficient (Wildman–Crippen LogP) is 1.72. The molecule has 9 heavy (non-hydrogen) atoms. The van der Waals surface area contributed by atoms with Gasteiger partial charge in [-0.25, -0.2) is 0 Å². The monoisotopic (exact) mass is 128 g/mol. The molecule has 0 heterocycles. The zero-order valence-electron chi connectivity index (χ0n) is 6.57. The minimum absolute atomic E-state index is 0.750. The quantitative estimate of drug-likeness (QED) is 0.454. The van der Waals surface area contributed by atoms with Crippen LogP contribution in [0.2, 0.25) is 0 Å². The molecule has 0 bridgehead atoms. The van der Waals surface area contributed by atoms with Gasteiger partial charge < -0.3 is 4.90 Å². The number of nitrogens with one attached hydrogen (secondary N) is 1. The lowest BCUT2D eigenvalue weighted by molar-refractivity contribution is 0.454. The Bertz CT molecular complexity index is 84.9. The molecule has 0 aliphatic carbocycles. The Morgan fingerprint density at radius 2 is 1.67 bits per heavy atom. The molecule has 0 fully saturated rings. The lowest BCUT2D eigenvalue weighted by Gasteiger charge is -2.19. The summed E-state index contributed by atoms with van der Waals surface area (Å²) in [7, 11) is 0. The van der Waals surface area contributed by atoms with Crippen LogP contribution in [0.5, 0.6) is 0 Å². The van der Waals surface area contributed by atoms with E-state index < -0.39 is 0 Å². The highest BCUT2D eigenvalue weighted by Crippen LogP contribution is 1.91. The van der Waals surface area contributed by atoms with Gasteiger partial charge in [0, 0.05) is 19.5 Å². The van der Waals surface area contributed by atoms with Crippen LogP contribution in [-0.2, 0) is 0 Å². The topological polar surface area (TPSA) is 27.1 Å². The SMILES string of the molecule is CCC(=N)N(CC)CC. The fourth-order valence-corrected chi connectivity index (χ4v) is 0.829. The van der Waals surface area contributed by atoms with Crippen molar-refractivity contribution in [1.29, 1.82) is 5.41 Å². The van der Waals surface area contributed by atoms with E-state index in [2.05, 4.69) is 18.7 Å². The Morgan fingerprint density at radius 1 is 1.22 bits per heavy atom. The Balaban J connectivity index is 3.64. The van der Waals surface area contributed by atoms with E-state index in [1.807, 2.05) is 6.92 Å². The second-order valence-electron chi connectivity index (χ2n) is 1.97. The molecule has 0 unspecified atom stereocenters. The van der Waals surface area contributed by atoms with Crippen LogP contribution in [0.3, 0.4) is 0 Å². The summed E-state index contributed by atoms with van der Waals surface area (Å²) in [5.74, 6) is 0.750. The highest BCUT2D eigenvalue weighted by atomic mass is 15.1. The number of rotatable bonds is 3. The molecule has 0 amide bonds. The normalized spacial score (nSPS) is 9.22. The molecule has 0 radical (unpaired) electrons. The fourth-order valence-electron chi connectivity index (χ4n) is 0.829. The maximum atomic E-state index is 7.42. The summed E-state index contributed by atoms with van der Waals surface area (Å²) in [5, 5.41) is 7.42. The molecule has 0 rings (SSSR count). The summed E-state index contributed by atoms with van der Waals surface area (Å²) >= 11 is 0. The molecule has 0 aliphatic rings. The van der Waals surface area contributed by atoms with Gasteiger partial charge in [0.2, 0.25) is 0 Å². The van der Waals surface area contributed by atoms with Crippen molar-refractivity contribution in [1.82, 2.24) is 4.90 Å². The molecular weight excluding hydrogens is 112 g/mol. The van der Waals surface area contributed by atoms with Crippen molar-refractivity contribution in [2.24, 2.45) is 0 Å². The highest BCUT2D eigenvalue weighted by molar-refractivity contribution is 5.78. The van der Waals surface area contributed by atoms with E-state index in [4.69, 9.17) is 5.41 Å². The Kier molecular flexibility index (Phi) is 4.10. The number of hydrogen-bond acceptors (Lipinski definition) is 1. The minimum Gasteiger partial charge on any atom is -0.361 e. The van der Waals surface area contributed by atoms with Gasteiger partial charge in [0.05, 0.1) is 5.84 Å². The molecular formula is C7H16N2. The third-order valence-electron chi connectivity index (χ3n) is 1.48. The maximum Gasteiger partial charge on any atom is 0.0954 e. The van der Waals surface area contributed by atoms with E-state index in [0.717, 1.165) is 25.3 Å². The molecule has 0 saturated carbocycles. The first-order chi connectivity index (χ1) is 4.26. The van der Waals surface area contributed by atoms with Gasteiger partial charge in [0.1, 0.15) is 0 Å². The molecule has 2 heteroatoms. The first kappa shape index (κ1) is 8.47. The summed E-state index contributed by atoms with van der Waals surface area (Å²) in [4.78, 5) is 2.06. The van der Waals surface area contributed by atoms with Crippen LogP contribution in [0.1, 0.15) is 27.2 Å². The van der Waals surface area contributed by atoms with Crippen molar-refractivity contribution < 1.29 is 0 Å². The van der Waals surface area contributed by atoms with Gasteiger partial charge in [-0.3, -0.25) is 5.41 Å². The van der Waals surface area contributed by atoms with Crippen LogP contribution in [0, 0.1) is 5.41 Å². The summed E-state index contributed by atoms with van der Waals surface area (Å²) in [6.07, 6.45) is 0.849. The van der Waals surface area contributed by atoms with E-state index >= 15 is 0 Å². The molecule has 0 aromatic rings. The molecule has 2 nitrogen and oxygen atoms in total. The zero-order valence-corrected chi connectivity index (χ0v) is 6.57. The molecule has 0 aromatic carbocycles. The van der Waals surface area contributed by atoms with E-state index in [0.29, 0.717) is 0 Å². The van der Waals surface area contributed by atoms with E-state index in [1.54, 1.807) is 0 Å². The van der Waals surface area contributed by atoms with Crippen LogP contribution >= 0.6 is 0 Å². The van der Waals surface area contributed by atoms with Gasteiger partial charge in [-0.1, -0.05) is 6.92 Å². The van der Waals surface area contributed by atoms with Crippen molar-refractivity contribution in [3.63, 3.8) is 0 Å². The predicted molar refractivity (Wildman–Crippen MR) is 40.9 cm³/mol. The largest absolute Gasteiger partial charge is 0.361 e. The maximum absolute atomic E-state index is 7.42. The molecule has 0 aliphatic heterocycles. The number of nitrogens with zero attached hydrogens (tertiary/aromatic N) is 1. The number of hydrogen-bond donors (Lipinski definition) is 1. The van der Waals surface area contributed by atoms with Crippen molar-refractivity contribution in [3.05, 3.63) is 0 Å². The van der Waals surface area contributed by atoms with Crippen molar-refractivity contribution in [2.45, 2.75) is 27.2 Å². The lowest BCUT2D eigenvalue weighted by atomic mass is 10.4. The van der Waals surface area contributed by atoms with Crippen LogP contribution < -0.4 is 0 Å². The van der Waals surface area contributed by atoms with Crippen molar-refractivity contribution >= 4 is 5.84 Å². The lowest BCUT2D eigenvalue weighted by Crippen LogP contribution is -2.28. The average Bonchev–Trinajstić information content (AvgIpc) is 1.90. The Labute approximate surface area is 57.4 Å². The van der Waals surface area contributed by atoms with E-state index in [1.165, 1.54) is 0 Å². The second kappa shape index (κ2) is 4.36. The van der Waals surface area contributed by atoms with E-state index in [9.17, 15) is 0 Å². The van der Waals surface area contributed by atoms with Crippen LogP contribution in [0.15, 0.2) is 0 Å². The van der Waals surface area contributed by atoms with Crippen LogP contribution in [0.4, 0.5) is 0 Å². The smallest absolute Gasteiger partial charge is 0.0954 e. The summed E-state index contributed by atoms with van der Waals surface area (Å²) in [6.45, 7) is 8.09. The van der Waals surface area contributed by atoms with Crippen molar-refractivity contribution in [3.8, 4) is 0 Å². The second-order valence-corrected chi connectivity index (χ2v) is 1.97. The van der Waals surface area contributed by atoms with Gasteiger partial charge in [0.25, 0.3) is 0 Å². The standard InChI is InChI=1S/C7H16N2/c1-4-7(8)9(5-2)6-3/h8H,4-6H2,1-3H3. The van der Waals surface area contributed by atoms with E-state index in [-0.39, 0.29) is 0 Å². The van der Waals surface area contributed by atoms with Gasteiger partial charge in [-0.2, -0.15) is 0 Å². The minimum atomic E-state index is 0.750. The van der Waals surface area contributed by atoms with Gasteiger partial charge >= 0.3 is 0 Å². The molecule has 54 valence electrons. The summed E-state index contributed by atoms with van der Waals surface area (Å²) in [6, 6.07) is 0. The molecule has 0 atom stereocenters. The fraction of sp³-hybridized carbons (Fsp3) is 0.857. The molecule has 1 N–H and O–H groups in total. The Hall–Kier alpha value is -0.530. The van der Waals surface area contributed by atoms with Crippen molar-refractivity contribution in [2.75, 3.05) is 13.1 Å². The van der Waals surface area contributed by atoms with Gasteiger partial charge in [0.15, 0.2) is 0 Å². The molecule has 0 saturated heterocycles. The average molecular weight is 128 g/mol. The Morgan fingerprint density at radius 3 is 1.78 bits per heavy atom. The first-order valence-corrected chi connectivity index (χ1v) is 3.58. The van der Waals surface area contributed by atoms with Gasteiger partial charge in [-0.15, -0.1) is 0 Å². The zero-order chi connectivity index (χ0) is 7.28. The first-order valence-electron chi connectivity index (χ1n) is 3.58. The van der Waals surface area contributed by atoms with Gasteiger partial charge in [-0.05, 0) is 13.8 Å². The van der Waals surface area contributed by atoms with Crippen LogP contribution in [-0.4, -0.2) is 23.8 Å². The molecule has 0 spiro atoms. The number of amidine groups is 1. The third kappa shape index (κ3) is 2.49. The summed E-state index contributed by atoms with van der Waals surface area (Å²) < 4.78 is 0. The van der Waals surface area contributed by atoms with Crippen LogP contribution in [0.25, 0.3) is 0 Å². The summed E-state index contributed by atoms with van der Waals surface area (Å²) in [5.41, 5.74) is 0.